The maximum atomic E-state index is 12.8. The van der Waals surface area contributed by atoms with Crippen LogP contribution in [-0.4, -0.2) is 63.8 Å². The highest BCUT2D eigenvalue weighted by molar-refractivity contribution is 6.13. The summed E-state index contributed by atoms with van der Waals surface area (Å²) in [5.74, 6) is -7.04. The van der Waals surface area contributed by atoms with Gasteiger partial charge in [0.2, 0.25) is 0 Å². The molecule has 1 aliphatic heterocycles. The lowest BCUT2D eigenvalue weighted by atomic mass is 9.85. The van der Waals surface area contributed by atoms with E-state index < -0.39 is 72.1 Å². The minimum Gasteiger partial charge on any atom is -0.462 e. The lowest BCUT2D eigenvalue weighted by Crippen LogP contribution is -2.36. The molecule has 1 heterocycles. The average Bonchev–Trinajstić information content (AvgIpc) is 3.19. The smallest absolute Gasteiger partial charge is 0.325 e. The first-order chi connectivity index (χ1) is 20.0. The topological polar surface area (TPSA) is 161 Å². The minimum absolute atomic E-state index is 0.0732. The third-order valence-corrected chi connectivity index (χ3v) is 8.48. The third kappa shape index (κ3) is 12.3. The Balaban J connectivity index is 2.49. The monoisotopic (exact) mass is 606 g/mol. The number of hydrogen-bond acceptors (Lipinski definition) is 10. The highest BCUT2D eigenvalue weighted by Crippen LogP contribution is 2.26. The van der Waals surface area contributed by atoms with E-state index in [1.165, 1.54) is 13.8 Å². The zero-order valence-electron chi connectivity index (χ0n) is 26.7. The lowest BCUT2D eigenvalue weighted by Gasteiger charge is -2.26. The van der Waals surface area contributed by atoms with Gasteiger partial charge in [-0.25, -0.2) is 0 Å². The molecule has 1 fully saturated rings. The summed E-state index contributed by atoms with van der Waals surface area (Å²) < 4.78 is 9.69. The predicted molar refractivity (Wildman–Crippen MR) is 159 cm³/mol. The van der Waals surface area contributed by atoms with Gasteiger partial charge in [-0.05, 0) is 56.1 Å². The number of carbonyl (C=O) groups is 6. The van der Waals surface area contributed by atoms with Crippen molar-refractivity contribution in [3.05, 3.63) is 24.3 Å². The van der Waals surface area contributed by atoms with Crippen LogP contribution in [0.1, 0.15) is 93.4 Å². The second kappa shape index (κ2) is 18.0. The fourth-order valence-corrected chi connectivity index (χ4v) is 5.23. The molecule has 43 heavy (non-hydrogen) atoms. The number of hydrogen-bond donors (Lipinski definition) is 2. The third-order valence-electron chi connectivity index (χ3n) is 8.48. The minimum atomic E-state index is -1.35. The van der Waals surface area contributed by atoms with Crippen molar-refractivity contribution in [2.75, 3.05) is 0 Å². The SMILES string of the molecule is C=CC(=CC(=O)C[C@H](C)C[C@@H](C)CC[C@H](O)[C@H](C)C(=O)C[C@@H](O)[C@H](C)[C@@H](C)OC(=O)CC(=O)C1C(=O)OC(=O)C1C)CC. The fourth-order valence-electron chi connectivity index (χ4n) is 5.23. The van der Waals surface area contributed by atoms with E-state index in [1.807, 2.05) is 13.8 Å². The van der Waals surface area contributed by atoms with Crippen LogP contribution in [0.2, 0.25) is 0 Å². The van der Waals surface area contributed by atoms with E-state index in [2.05, 4.69) is 18.2 Å². The molecule has 2 unspecified atom stereocenters. The van der Waals surface area contributed by atoms with Gasteiger partial charge in [0, 0.05) is 24.7 Å². The van der Waals surface area contributed by atoms with Crippen LogP contribution >= 0.6 is 0 Å². The molecule has 0 amide bonds. The normalized spacial score (nSPS) is 22.0. The number of aliphatic hydroxyl groups is 2. The number of cyclic esters (lactones) is 2. The van der Waals surface area contributed by atoms with Gasteiger partial charge < -0.3 is 19.7 Å². The summed E-state index contributed by atoms with van der Waals surface area (Å²) in [7, 11) is 0. The van der Waals surface area contributed by atoms with Crippen LogP contribution in [0.3, 0.4) is 0 Å². The van der Waals surface area contributed by atoms with Crippen LogP contribution < -0.4 is 0 Å². The predicted octanol–water partition coefficient (Wildman–Crippen LogP) is 4.09. The van der Waals surface area contributed by atoms with Gasteiger partial charge in [-0.3, -0.25) is 28.8 Å². The zero-order valence-corrected chi connectivity index (χ0v) is 26.7. The van der Waals surface area contributed by atoms with Gasteiger partial charge in [-0.1, -0.05) is 54.2 Å². The molecular weight excluding hydrogens is 556 g/mol. The summed E-state index contributed by atoms with van der Waals surface area (Å²) in [6, 6.07) is 0. The van der Waals surface area contributed by atoms with Crippen LogP contribution in [0.4, 0.5) is 0 Å². The number of ether oxygens (including phenoxy) is 2. The molecule has 1 rings (SSSR count). The van der Waals surface area contributed by atoms with E-state index in [-0.39, 0.29) is 29.8 Å². The van der Waals surface area contributed by atoms with Crippen molar-refractivity contribution in [1.29, 1.82) is 0 Å². The molecule has 0 aromatic carbocycles. The Hall–Kier alpha value is -2.98. The van der Waals surface area contributed by atoms with Crippen molar-refractivity contribution in [3.63, 3.8) is 0 Å². The lowest BCUT2D eigenvalue weighted by molar-refractivity contribution is -0.155. The second-order valence-corrected chi connectivity index (χ2v) is 12.3. The molecule has 9 atom stereocenters. The fraction of sp³-hybridized carbons (Fsp3) is 0.697. The number of aliphatic hydroxyl groups excluding tert-OH is 2. The molecule has 2 N–H and O–H groups in total. The van der Waals surface area contributed by atoms with Gasteiger partial charge in [-0.15, -0.1) is 0 Å². The van der Waals surface area contributed by atoms with Crippen LogP contribution in [-0.2, 0) is 38.2 Å². The van der Waals surface area contributed by atoms with Crippen LogP contribution in [0.25, 0.3) is 0 Å². The van der Waals surface area contributed by atoms with Gasteiger partial charge in [0.05, 0.1) is 18.1 Å². The molecule has 0 spiro atoms. The van der Waals surface area contributed by atoms with E-state index >= 15 is 0 Å². The Labute approximate surface area is 255 Å². The molecule has 0 bridgehead atoms. The Morgan fingerprint density at radius 2 is 1.58 bits per heavy atom. The van der Waals surface area contributed by atoms with Gasteiger partial charge >= 0.3 is 17.9 Å². The molecule has 0 aliphatic carbocycles. The summed E-state index contributed by atoms with van der Waals surface area (Å²) in [6.07, 6.45) is 2.53. The van der Waals surface area contributed by atoms with Crippen LogP contribution in [0, 0.1) is 35.5 Å². The van der Waals surface area contributed by atoms with Crippen molar-refractivity contribution in [2.45, 2.75) is 112 Å². The van der Waals surface area contributed by atoms with Crippen molar-refractivity contribution in [1.82, 2.24) is 0 Å². The summed E-state index contributed by atoms with van der Waals surface area (Å²) in [5.41, 5.74) is 0.914. The molecule has 0 radical (unpaired) electrons. The van der Waals surface area contributed by atoms with E-state index in [1.54, 1.807) is 26.0 Å². The number of rotatable bonds is 20. The maximum Gasteiger partial charge on any atom is 0.325 e. The van der Waals surface area contributed by atoms with E-state index in [0.717, 1.165) is 18.4 Å². The zero-order chi connectivity index (χ0) is 33.0. The van der Waals surface area contributed by atoms with Crippen molar-refractivity contribution in [3.8, 4) is 0 Å². The first-order valence-corrected chi connectivity index (χ1v) is 15.2. The first kappa shape index (κ1) is 38.0. The number of allylic oxidation sites excluding steroid dienone is 3. The van der Waals surface area contributed by atoms with E-state index in [0.29, 0.717) is 19.3 Å². The molecule has 1 saturated heterocycles. The van der Waals surface area contributed by atoms with Gasteiger partial charge in [0.15, 0.2) is 11.6 Å². The summed E-state index contributed by atoms with van der Waals surface area (Å²) in [6.45, 7) is 15.9. The summed E-state index contributed by atoms with van der Waals surface area (Å²) >= 11 is 0. The maximum absolute atomic E-state index is 12.8. The molecule has 1 aliphatic rings. The molecule has 0 aromatic heterocycles. The van der Waals surface area contributed by atoms with Gasteiger partial charge in [0.1, 0.15) is 24.2 Å². The first-order valence-electron chi connectivity index (χ1n) is 15.2. The van der Waals surface area contributed by atoms with Crippen molar-refractivity contribution < 1.29 is 48.5 Å². The Kier molecular flexibility index (Phi) is 15.9. The highest BCUT2D eigenvalue weighted by atomic mass is 16.6. The van der Waals surface area contributed by atoms with Gasteiger partial charge in [-0.2, -0.15) is 0 Å². The number of Topliss-reactive ketones (excluding diaryl/α,β-unsaturated/α-hetero) is 2. The Bertz CT molecular complexity index is 1060. The summed E-state index contributed by atoms with van der Waals surface area (Å²) in [4.78, 5) is 72.9. The van der Waals surface area contributed by atoms with E-state index in [4.69, 9.17) is 4.74 Å². The molecule has 10 heteroatoms. The number of ketones is 3. The average molecular weight is 607 g/mol. The second-order valence-electron chi connectivity index (χ2n) is 12.3. The summed E-state index contributed by atoms with van der Waals surface area (Å²) in [5, 5.41) is 21.3. The largest absolute Gasteiger partial charge is 0.462 e. The van der Waals surface area contributed by atoms with E-state index in [9.17, 15) is 39.0 Å². The highest BCUT2D eigenvalue weighted by Gasteiger charge is 2.46. The molecule has 242 valence electrons. The molecule has 10 nitrogen and oxygen atoms in total. The standard InChI is InChI=1S/C33H50O10/c1-9-24(10-2)15-25(34)14-19(4)13-18(3)11-12-26(35)21(6)28(37)16-27(36)20(5)23(8)42-30(39)17-29(38)31-22(7)32(40)43-33(31)41/h9,15,18-23,26-27,31,35-36H,1,10-14,16-17H2,2-8H3/t18-,19+,20+,21-,22?,23+,26-,27+,31?/m0/s1. The van der Waals surface area contributed by atoms with Crippen LogP contribution in [0.15, 0.2) is 24.3 Å². The van der Waals surface area contributed by atoms with Crippen molar-refractivity contribution >= 4 is 35.3 Å². The Morgan fingerprint density at radius 1 is 0.953 bits per heavy atom. The van der Waals surface area contributed by atoms with Crippen LogP contribution in [0.5, 0.6) is 0 Å². The van der Waals surface area contributed by atoms with Crippen molar-refractivity contribution in [2.24, 2.45) is 35.5 Å². The number of carbonyl (C=O) groups excluding carboxylic acids is 6. The van der Waals surface area contributed by atoms with Gasteiger partial charge in [0.25, 0.3) is 0 Å². The quantitative estimate of drug-likeness (QED) is 0.0894. The number of esters is 3. The molecule has 0 saturated carbocycles. The molecule has 0 aromatic rings. The molecular formula is C33H50O10. The Morgan fingerprint density at radius 3 is 2.12 bits per heavy atom.